The second kappa shape index (κ2) is 5.56. The molecule has 60 valence electrons. The predicted octanol–water partition coefficient (Wildman–Crippen LogP) is 0.796. The number of hydrogen-bond acceptors (Lipinski definition) is 3. The van der Waals surface area contributed by atoms with Crippen LogP contribution in [-0.4, -0.2) is 29.5 Å². The number of aliphatic carboxylic acids is 1. The fourth-order valence-corrected chi connectivity index (χ4v) is 0.568. The molecular weight excluding hydrogens is 152 g/mol. The average molecular weight is 164 g/mol. The summed E-state index contributed by atoms with van der Waals surface area (Å²) in [6.07, 6.45) is 0.465. The van der Waals surface area contributed by atoms with Gasteiger partial charge in [0.05, 0.1) is 0 Å². The topological polar surface area (TPSA) is 46.5 Å². The average Bonchev–Trinajstić information content (AvgIpc) is 1.88. The normalized spacial score (nSPS) is 13.0. The van der Waals surface area contributed by atoms with E-state index in [-0.39, 0.29) is 0 Å². The fraction of sp³-hybridized carbons (Fsp3) is 0.833. The lowest BCUT2D eigenvalue weighted by Crippen LogP contribution is -2.15. The molecule has 0 aromatic carbocycles. The van der Waals surface area contributed by atoms with Gasteiger partial charge >= 0.3 is 5.97 Å². The van der Waals surface area contributed by atoms with Gasteiger partial charge in [0.2, 0.25) is 0 Å². The Bertz CT molecular complexity index is 105. The lowest BCUT2D eigenvalue weighted by molar-refractivity contribution is -0.136. The number of thiol groups is 1. The van der Waals surface area contributed by atoms with Gasteiger partial charge in [0.15, 0.2) is 0 Å². The maximum absolute atomic E-state index is 10.2. The van der Waals surface area contributed by atoms with Gasteiger partial charge in [-0.15, -0.1) is 0 Å². The summed E-state index contributed by atoms with van der Waals surface area (Å²) in [7, 11) is 0. The smallest absolute Gasteiger partial charge is 0.316 e. The van der Waals surface area contributed by atoms with E-state index in [2.05, 4.69) is 12.6 Å². The highest BCUT2D eigenvalue weighted by Crippen LogP contribution is 2.00. The first-order valence-electron chi connectivity index (χ1n) is 3.17. The minimum Gasteiger partial charge on any atom is -0.480 e. The Morgan fingerprint density at radius 3 is 2.80 bits per heavy atom. The molecule has 0 fully saturated rings. The van der Waals surface area contributed by atoms with Crippen molar-refractivity contribution in [2.45, 2.75) is 18.6 Å². The molecule has 0 heterocycles. The quantitative estimate of drug-likeness (QED) is 0.466. The Hall–Kier alpha value is -0.220. The third-order valence-electron chi connectivity index (χ3n) is 1.02. The molecule has 1 unspecified atom stereocenters. The van der Waals surface area contributed by atoms with Crippen LogP contribution in [0, 0.1) is 0 Å². The van der Waals surface area contributed by atoms with E-state index in [4.69, 9.17) is 9.84 Å². The third-order valence-corrected chi connectivity index (χ3v) is 1.50. The van der Waals surface area contributed by atoms with Crippen LogP contribution < -0.4 is 0 Å². The summed E-state index contributed by atoms with van der Waals surface area (Å²) in [5.41, 5.74) is 0. The van der Waals surface area contributed by atoms with E-state index in [9.17, 15) is 4.79 Å². The Morgan fingerprint density at radius 2 is 2.40 bits per heavy atom. The van der Waals surface area contributed by atoms with Crippen LogP contribution in [0.2, 0.25) is 0 Å². The van der Waals surface area contributed by atoms with Gasteiger partial charge < -0.3 is 9.84 Å². The number of carbonyl (C=O) groups is 1. The molecule has 0 bridgehead atoms. The summed E-state index contributed by atoms with van der Waals surface area (Å²) in [6, 6.07) is 0. The van der Waals surface area contributed by atoms with Crippen LogP contribution in [0.5, 0.6) is 0 Å². The molecule has 0 aliphatic heterocycles. The molecule has 1 N–H and O–H groups in total. The van der Waals surface area contributed by atoms with Gasteiger partial charge in [-0.1, -0.05) is 0 Å². The molecule has 0 rings (SSSR count). The minimum absolute atomic E-state index is 0.465. The Balaban J connectivity index is 3.21. The Morgan fingerprint density at radius 1 is 1.80 bits per heavy atom. The first kappa shape index (κ1) is 9.78. The van der Waals surface area contributed by atoms with E-state index >= 15 is 0 Å². The molecule has 0 spiro atoms. The Labute approximate surface area is 65.8 Å². The highest BCUT2D eigenvalue weighted by atomic mass is 32.1. The molecule has 1 atom stereocenters. The molecular formula is C6H12O3S. The number of ether oxygens (including phenoxy) is 1. The van der Waals surface area contributed by atoms with Crippen molar-refractivity contribution in [1.82, 2.24) is 0 Å². The molecule has 0 saturated heterocycles. The minimum atomic E-state index is -0.886. The summed E-state index contributed by atoms with van der Waals surface area (Å²) < 4.78 is 4.94. The zero-order valence-electron chi connectivity index (χ0n) is 5.91. The van der Waals surface area contributed by atoms with E-state index < -0.39 is 11.2 Å². The van der Waals surface area contributed by atoms with Gasteiger partial charge in [-0.3, -0.25) is 4.79 Å². The molecule has 10 heavy (non-hydrogen) atoms. The van der Waals surface area contributed by atoms with E-state index in [1.165, 1.54) is 0 Å². The van der Waals surface area contributed by atoms with Crippen molar-refractivity contribution in [2.24, 2.45) is 0 Å². The number of hydrogen-bond donors (Lipinski definition) is 2. The second-order valence-corrected chi connectivity index (χ2v) is 2.46. The molecule has 0 radical (unpaired) electrons. The standard InChI is InChI=1S/C6H12O3S/c1-2-9-4-3-5(10)6(7)8/h5,10H,2-4H2,1H3,(H,7,8). The van der Waals surface area contributed by atoms with E-state index in [1.54, 1.807) is 0 Å². The van der Waals surface area contributed by atoms with Crippen molar-refractivity contribution in [3.8, 4) is 0 Å². The lowest BCUT2D eigenvalue weighted by Gasteiger charge is -2.03. The highest BCUT2D eigenvalue weighted by molar-refractivity contribution is 7.81. The summed E-state index contributed by atoms with van der Waals surface area (Å²) in [5, 5.41) is 7.76. The summed E-state index contributed by atoms with van der Waals surface area (Å²) in [6.45, 7) is 2.96. The summed E-state index contributed by atoms with van der Waals surface area (Å²) >= 11 is 3.82. The summed E-state index contributed by atoms with van der Waals surface area (Å²) in [4.78, 5) is 10.2. The SMILES string of the molecule is CCOCCC(S)C(=O)O. The monoisotopic (exact) mass is 164 g/mol. The number of carboxylic acid groups (broad SMARTS) is 1. The molecule has 0 aromatic rings. The van der Waals surface area contributed by atoms with Crippen LogP contribution in [0.1, 0.15) is 13.3 Å². The van der Waals surface area contributed by atoms with Gasteiger partial charge in [0, 0.05) is 13.2 Å². The molecule has 0 saturated carbocycles. The first-order valence-corrected chi connectivity index (χ1v) is 3.68. The zero-order chi connectivity index (χ0) is 7.98. The van der Waals surface area contributed by atoms with Crippen molar-refractivity contribution in [3.63, 3.8) is 0 Å². The van der Waals surface area contributed by atoms with Crippen molar-refractivity contribution >= 4 is 18.6 Å². The van der Waals surface area contributed by atoms with Crippen LogP contribution in [-0.2, 0) is 9.53 Å². The molecule has 4 heteroatoms. The van der Waals surface area contributed by atoms with E-state index in [1.807, 2.05) is 6.92 Å². The van der Waals surface area contributed by atoms with Crippen molar-refractivity contribution in [3.05, 3.63) is 0 Å². The van der Waals surface area contributed by atoms with Gasteiger partial charge in [0.1, 0.15) is 5.25 Å². The maximum atomic E-state index is 10.2. The number of rotatable bonds is 5. The molecule has 0 aromatic heterocycles. The fourth-order valence-electron chi connectivity index (χ4n) is 0.463. The first-order chi connectivity index (χ1) is 4.68. The van der Waals surface area contributed by atoms with Crippen molar-refractivity contribution in [1.29, 1.82) is 0 Å². The predicted molar refractivity (Wildman–Crippen MR) is 41.5 cm³/mol. The van der Waals surface area contributed by atoms with E-state index in [0.29, 0.717) is 19.6 Å². The molecule has 0 amide bonds. The van der Waals surface area contributed by atoms with Crippen molar-refractivity contribution in [2.75, 3.05) is 13.2 Å². The second-order valence-electron chi connectivity index (χ2n) is 1.84. The van der Waals surface area contributed by atoms with Gasteiger partial charge in [-0.2, -0.15) is 12.6 Å². The van der Waals surface area contributed by atoms with E-state index in [0.717, 1.165) is 0 Å². The lowest BCUT2D eigenvalue weighted by atomic mass is 10.3. The van der Waals surface area contributed by atoms with Crippen LogP contribution >= 0.6 is 12.6 Å². The largest absolute Gasteiger partial charge is 0.480 e. The molecule has 0 aliphatic rings. The zero-order valence-corrected chi connectivity index (χ0v) is 6.80. The molecule has 0 aliphatic carbocycles. The van der Waals surface area contributed by atoms with Crippen LogP contribution in [0.25, 0.3) is 0 Å². The third kappa shape index (κ3) is 4.64. The van der Waals surface area contributed by atoms with Crippen LogP contribution in [0.3, 0.4) is 0 Å². The summed E-state index contributed by atoms with van der Waals surface area (Å²) in [5.74, 6) is -0.886. The van der Waals surface area contributed by atoms with Crippen LogP contribution in [0.15, 0.2) is 0 Å². The van der Waals surface area contributed by atoms with Crippen molar-refractivity contribution < 1.29 is 14.6 Å². The van der Waals surface area contributed by atoms with Gasteiger partial charge in [-0.05, 0) is 13.3 Å². The molecule has 3 nitrogen and oxygen atoms in total. The highest BCUT2D eigenvalue weighted by Gasteiger charge is 2.10. The Kier molecular flexibility index (Phi) is 5.43. The number of carboxylic acids is 1. The van der Waals surface area contributed by atoms with Gasteiger partial charge in [-0.25, -0.2) is 0 Å². The maximum Gasteiger partial charge on any atom is 0.316 e. The van der Waals surface area contributed by atoms with Gasteiger partial charge in [0.25, 0.3) is 0 Å². The van der Waals surface area contributed by atoms with Crippen LogP contribution in [0.4, 0.5) is 0 Å².